The molecule has 0 radical (unpaired) electrons. The zero-order valence-electron chi connectivity index (χ0n) is 15.4. The number of sulfonamides is 1. The Balaban J connectivity index is 1.55. The van der Waals surface area contributed by atoms with Crippen molar-refractivity contribution in [1.82, 2.24) is 4.72 Å². The Morgan fingerprint density at radius 3 is 2.36 bits per heavy atom. The highest BCUT2D eigenvalue weighted by Crippen LogP contribution is 2.41. The third-order valence-corrected chi connectivity index (χ3v) is 6.88. The molecule has 3 rings (SSSR count). The minimum absolute atomic E-state index is 0.0102. The van der Waals surface area contributed by atoms with Gasteiger partial charge in [0.05, 0.1) is 18.5 Å². The summed E-state index contributed by atoms with van der Waals surface area (Å²) in [6.45, 7) is 4.54. The molecule has 0 amide bonds. The van der Waals surface area contributed by atoms with Gasteiger partial charge >= 0.3 is 0 Å². The van der Waals surface area contributed by atoms with E-state index in [1.807, 2.05) is 26.0 Å². The number of hydrogen-bond acceptors (Lipinski definition) is 3. The molecule has 2 saturated carbocycles. The summed E-state index contributed by atoms with van der Waals surface area (Å²) < 4.78 is 34.2. The van der Waals surface area contributed by atoms with Crippen LogP contribution in [0.5, 0.6) is 0 Å². The summed E-state index contributed by atoms with van der Waals surface area (Å²) in [6.07, 6.45) is 7.24. The van der Waals surface area contributed by atoms with Crippen molar-refractivity contribution in [2.24, 2.45) is 11.8 Å². The van der Waals surface area contributed by atoms with Crippen molar-refractivity contribution < 1.29 is 13.2 Å². The highest BCUT2D eigenvalue weighted by atomic mass is 32.2. The van der Waals surface area contributed by atoms with Crippen molar-refractivity contribution in [2.45, 2.75) is 64.5 Å². The maximum absolute atomic E-state index is 12.7. The van der Waals surface area contributed by atoms with Crippen LogP contribution in [-0.4, -0.2) is 26.9 Å². The van der Waals surface area contributed by atoms with Gasteiger partial charge in [-0.2, -0.15) is 0 Å². The second-order valence-corrected chi connectivity index (χ2v) is 9.77. The smallest absolute Gasteiger partial charge is 0.212 e. The lowest BCUT2D eigenvalue weighted by molar-refractivity contribution is 0.0412. The van der Waals surface area contributed by atoms with Crippen LogP contribution in [0.4, 0.5) is 0 Å². The predicted octanol–water partition coefficient (Wildman–Crippen LogP) is 3.96. The molecule has 1 aromatic rings. The number of benzene rings is 1. The van der Waals surface area contributed by atoms with Crippen molar-refractivity contribution in [3.63, 3.8) is 0 Å². The lowest BCUT2D eigenvalue weighted by atomic mass is 10.0. The molecule has 0 heterocycles. The lowest BCUT2D eigenvalue weighted by Crippen LogP contribution is -2.34. The maximum atomic E-state index is 12.7. The predicted molar refractivity (Wildman–Crippen MR) is 101 cm³/mol. The van der Waals surface area contributed by atoms with Gasteiger partial charge in [-0.3, -0.25) is 0 Å². The van der Waals surface area contributed by atoms with Crippen LogP contribution >= 0.6 is 0 Å². The van der Waals surface area contributed by atoms with Crippen LogP contribution in [0.2, 0.25) is 0 Å². The van der Waals surface area contributed by atoms with E-state index >= 15 is 0 Å². The molecule has 2 aliphatic carbocycles. The fraction of sp³-hybridized carbons (Fsp3) is 0.700. The standard InChI is InChI=1S/C20H31NO3S/c1-15-7-9-17(10-8-15)20(18-11-12-18)21-25(22,23)14-16(2)13-24-19-5-3-4-6-19/h7-10,16,18-21H,3-6,11-14H2,1-2H3/t16-,20-/m1/s1. The van der Waals surface area contributed by atoms with E-state index in [-0.39, 0.29) is 17.7 Å². The van der Waals surface area contributed by atoms with Crippen molar-refractivity contribution in [3.8, 4) is 0 Å². The average molecular weight is 366 g/mol. The van der Waals surface area contributed by atoms with Crippen LogP contribution in [0.3, 0.4) is 0 Å². The van der Waals surface area contributed by atoms with E-state index in [4.69, 9.17) is 4.74 Å². The molecule has 0 unspecified atom stereocenters. The highest BCUT2D eigenvalue weighted by Gasteiger charge is 2.35. The van der Waals surface area contributed by atoms with Gasteiger partial charge in [-0.25, -0.2) is 13.1 Å². The van der Waals surface area contributed by atoms with E-state index in [1.54, 1.807) is 0 Å². The van der Waals surface area contributed by atoms with E-state index < -0.39 is 10.0 Å². The molecular weight excluding hydrogens is 334 g/mol. The van der Waals surface area contributed by atoms with Crippen LogP contribution in [-0.2, 0) is 14.8 Å². The molecular formula is C20H31NO3S. The third kappa shape index (κ3) is 5.80. The first-order valence-electron chi connectivity index (χ1n) is 9.61. The largest absolute Gasteiger partial charge is 0.378 e. The second kappa shape index (κ2) is 8.19. The van der Waals surface area contributed by atoms with Crippen LogP contribution < -0.4 is 4.72 Å². The van der Waals surface area contributed by atoms with Gasteiger partial charge in [-0.1, -0.05) is 49.6 Å². The molecule has 2 aliphatic rings. The third-order valence-electron chi connectivity index (χ3n) is 5.26. The van der Waals surface area contributed by atoms with Gasteiger partial charge in [-0.15, -0.1) is 0 Å². The normalized spacial score (nSPS) is 21.4. The molecule has 5 heteroatoms. The first kappa shape index (κ1) is 18.9. The van der Waals surface area contributed by atoms with Crippen LogP contribution in [0.25, 0.3) is 0 Å². The number of hydrogen-bond donors (Lipinski definition) is 1. The number of rotatable bonds is 9. The Hall–Kier alpha value is -0.910. The number of nitrogens with one attached hydrogen (secondary N) is 1. The van der Waals surface area contributed by atoms with Gasteiger partial charge in [-0.05, 0) is 50.0 Å². The first-order valence-corrected chi connectivity index (χ1v) is 11.3. The van der Waals surface area contributed by atoms with Gasteiger partial charge in [0.15, 0.2) is 0 Å². The fourth-order valence-corrected chi connectivity index (χ4v) is 5.32. The summed E-state index contributed by atoms with van der Waals surface area (Å²) in [7, 11) is -3.32. The molecule has 0 bridgehead atoms. The highest BCUT2D eigenvalue weighted by molar-refractivity contribution is 7.89. The SMILES string of the molecule is Cc1ccc([C@@H](NS(=O)(=O)C[C@H](C)COC2CCCC2)C2CC2)cc1. The molecule has 4 nitrogen and oxygen atoms in total. The van der Waals surface area contributed by atoms with Crippen LogP contribution in [0.1, 0.15) is 62.6 Å². The van der Waals surface area contributed by atoms with Crippen molar-refractivity contribution in [1.29, 1.82) is 0 Å². The van der Waals surface area contributed by atoms with Gasteiger partial charge in [0.2, 0.25) is 10.0 Å². The van der Waals surface area contributed by atoms with Gasteiger partial charge in [0, 0.05) is 6.04 Å². The first-order chi connectivity index (χ1) is 11.9. The van der Waals surface area contributed by atoms with Crippen molar-refractivity contribution in [3.05, 3.63) is 35.4 Å². The van der Waals surface area contributed by atoms with Gasteiger partial charge in [0.1, 0.15) is 0 Å². The zero-order valence-corrected chi connectivity index (χ0v) is 16.2. The summed E-state index contributed by atoms with van der Waals surface area (Å²) in [5.74, 6) is 0.577. The number of ether oxygens (including phenoxy) is 1. The lowest BCUT2D eigenvalue weighted by Gasteiger charge is -2.21. The monoisotopic (exact) mass is 365 g/mol. The van der Waals surface area contributed by atoms with E-state index in [0.717, 1.165) is 31.2 Å². The summed E-state index contributed by atoms with van der Waals surface area (Å²) in [5, 5.41) is 0. The molecule has 0 spiro atoms. The molecule has 2 atom stereocenters. The van der Waals surface area contributed by atoms with Gasteiger partial charge < -0.3 is 4.74 Å². The molecule has 1 N–H and O–H groups in total. The molecule has 0 aromatic heterocycles. The molecule has 0 saturated heterocycles. The minimum Gasteiger partial charge on any atom is -0.378 e. The Labute approximate surface area is 152 Å². The molecule has 0 aliphatic heterocycles. The molecule has 25 heavy (non-hydrogen) atoms. The average Bonchev–Trinajstić information content (AvgIpc) is 3.27. The minimum atomic E-state index is -3.32. The number of aryl methyl sites for hydroxylation is 1. The van der Waals surface area contributed by atoms with E-state index in [2.05, 4.69) is 16.9 Å². The van der Waals surface area contributed by atoms with E-state index in [1.165, 1.54) is 18.4 Å². The molecule has 2 fully saturated rings. The van der Waals surface area contributed by atoms with E-state index in [0.29, 0.717) is 18.6 Å². The summed E-state index contributed by atoms with van der Waals surface area (Å²) in [4.78, 5) is 0. The fourth-order valence-electron chi connectivity index (χ4n) is 3.66. The molecule has 140 valence electrons. The van der Waals surface area contributed by atoms with Gasteiger partial charge in [0.25, 0.3) is 0 Å². The quantitative estimate of drug-likeness (QED) is 0.721. The Morgan fingerprint density at radius 1 is 1.12 bits per heavy atom. The topological polar surface area (TPSA) is 55.4 Å². The van der Waals surface area contributed by atoms with Crippen molar-refractivity contribution >= 4 is 10.0 Å². The summed E-state index contributed by atoms with van der Waals surface area (Å²) in [6, 6.07) is 8.11. The maximum Gasteiger partial charge on any atom is 0.212 e. The second-order valence-electron chi connectivity index (χ2n) is 7.97. The van der Waals surface area contributed by atoms with Crippen LogP contribution in [0, 0.1) is 18.8 Å². The Bertz CT molecular complexity index is 646. The summed E-state index contributed by atoms with van der Waals surface area (Å²) >= 11 is 0. The molecule has 1 aromatic carbocycles. The van der Waals surface area contributed by atoms with Crippen molar-refractivity contribution in [2.75, 3.05) is 12.4 Å². The van der Waals surface area contributed by atoms with Crippen LogP contribution in [0.15, 0.2) is 24.3 Å². The Kier molecular flexibility index (Phi) is 6.18. The Morgan fingerprint density at radius 2 is 1.76 bits per heavy atom. The van der Waals surface area contributed by atoms with E-state index in [9.17, 15) is 8.42 Å². The zero-order chi connectivity index (χ0) is 17.9. The summed E-state index contributed by atoms with van der Waals surface area (Å²) in [5.41, 5.74) is 2.27.